The van der Waals surface area contributed by atoms with Crippen LogP contribution >= 0.6 is 0 Å². The van der Waals surface area contributed by atoms with Gasteiger partial charge in [-0.05, 0) is 100 Å². The molecule has 0 unspecified atom stereocenters. The number of methoxy groups -OCH3 is 2. The molecule has 1 aliphatic carbocycles. The van der Waals surface area contributed by atoms with Gasteiger partial charge in [0.05, 0.1) is 32.2 Å². The molecule has 1 saturated heterocycles. The lowest BCUT2D eigenvalue weighted by Crippen LogP contribution is -2.67. The van der Waals surface area contributed by atoms with Gasteiger partial charge in [-0.15, -0.1) is 0 Å². The van der Waals surface area contributed by atoms with Crippen LogP contribution < -0.4 is 10.1 Å². The first kappa shape index (κ1) is 31.4. The minimum absolute atomic E-state index is 0.0677. The maximum absolute atomic E-state index is 14.0. The predicted molar refractivity (Wildman–Crippen MR) is 164 cm³/mol. The first-order valence-electron chi connectivity index (χ1n) is 14.8. The Morgan fingerprint density at radius 2 is 1.80 bits per heavy atom. The van der Waals surface area contributed by atoms with E-state index in [1.54, 1.807) is 7.11 Å². The van der Waals surface area contributed by atoms with Crippen LogP contribution in [0.2, 0.25) is 18.1 Å². The summed E-state index contributed by atoms with van der Waals surface area (Å²) in [6, 6.07) is 5.94. The van der Waals surface area contributed by atoms with Crippen molar-refractivity contribution < 1.29 is 28.2 Å². The van der Waals surface area contributed by atoms with E-state index in [1.807, 2.05) is 50.8 Å². The van der Waals surface area contributed by atoms with E-state index in [-0.39, 0.29) is 23.0 Å². The van der Waals surface area contributed by atoms with E-state index in [2.05, 4.69) is 45.3 Å². The molecule has 4 atom stereocenters. The summed E-state index contributed by atoms with van der Waals surface area (Å²) in [7, 11) is 1.07. The van der Waals surface area contributed by atoms with Crippen molar-refractivity contribution in [2.45, 2.75) is 103 Å². The van der Waals surface area contributed by atoms with Crippen LogP contribution in [0.3, 0.4) is 0 Å². The van der Waals surface area contributed by atoms with Gasteiger partial charge in [0.15, 0.2) is 8.32 Å². The quantitative estimate of drug-likeness (QED) is 0.221. The number of esters is 1. The maximum Gasteiger partial charge on any atom is 0.412 e. The molecule has 0 spiro atoms. The molecular weight excluding hydrogens is 536 g/mol. The fourth-order valence-electron chi connectivity index (χ4n) is 7.03. The number of fused-ring (bicyclic) bond motifs is 1. The monoisotopic (exact) mass is 586 g/mol. The molecule has 1 saturated carbocycles. The zero-order valence-electron chi connectivity index (χ0n) is 26.9. The van der Waals surface area contributed by atoms with Gasteiger partial charge in [-0.25, -0.2) is 4.79 Å². The number of carbonyl (C=O) groups excluding carboxylic acids is 2. The van der Waals surface area contributed by atoms with Crippen molar-refractivity contribution in [2.24, 2.45) is 11.8 Å². The Hall–Kier alpha value is -2.52. The number of amides is 1. The first-order chi connectivity index (χ1) is 19.0. The number of hydrogen-bond donors (Lipinski definition) is 1. The average Bonchev–Trinajstić information content (AvgIpc) is 3.36. The molecule has 1 amide bonds. The van der Waals surface area contributed by atoms with Crippen molar-refractivity contribution in [2.75, 3.05) is 32.7 Å². The van der Waals surface area contributed by atoms with E-state index < -0.39 is 30.9 Å². The summed E-state index contributed by atoms with van der Waals surface area (Å²) < 4.78 is 23.8. The molecule has 41 heavy (non-hydrogen) atoms. The van der Waals surface area contributed by atoms with Crippen molar-refractivity contribution >= 4 is 26.1 Å². The Bertz CT molecular complexity index is 1220. The summed E-state index contributed by atoms with van der Waals surface area (Å²) in [5.41, 5.74) is 0.788. The summed E-state index contributed by atoms with van der Waals surface area (Å²) in [6.07, 6.45) is 3.68. The van der Waals surface area contributed by atoms with Crippen LogP contribution in [0.15, 0.2) is 29.8 Å². The second-order valence-corrected chi connectivity index (χ2v) is 19.1. The second kappa shape index (κ2) is 10.6. The fourth-order valence-corrected chi connectivity index (χ4v) is 7.99. The fraction of sp³-hybridized carbons (Fsp3) is 0.688. The molecule has 0 bridgehead atoms. The smallest absolute Gasteiger partial charge is 0.412 e. The van der Waals surface area contributed by atoms with Crippen molar-refractivity contribution in [1.82, 2.24) is 4.90 Å². The van der Waals surface area contributed by atoms with Gasteiger partial charge in [-0.2, -0.15) is 0 Å². The molecule has 228 valence electrons. The highest BCUT2D eigenvalue weighted by atomic mass is 28.4. The molecule has 8 nitrogen and oxygen atoms in total. The Kier molecular flexibility index (Phi) is 8.15. The third-order valence-corrected chi connectivity index (χ3v) is 14.5. The van der Waals surface area contributed by atoms with Crippen LogP contribution in [0.4, 0.5) is 10.5 Å². The molecule has 4 rings (SSSR count). The lowest BCUT2D eigenvalue weighted by Gasteiger charge is -2.54. The molecule has 0 radical (unpaired) electrons. The van der Waals surface area contributed by atoms with E-state index in [4.69, 9.17) is 18.6 Å². The Balaban J connectivity index is 1.85. The predicted octanol–water partition coefficient (Wildman–Crippen LogP) is 6.86. The van der Waals surface area contributed by atoms with Gasteiger partial charge in [0, 0.05) is 12.2 Å². The number of rotatable bonds is 6. The lowest BCUT2D eigenvalue weighted by atomic mass is 9.53. The van der Waals surface area contributed by atoms with Gasteiger partial charge in [0.2, 0.25) is 0 Å². The molecule has 2 fully saturated rings. The largest absolute Gasteiger partial charge is 0.497 e. The molecule has 1 aromatic rings. The van der Waals surface area contributed by atoms with E-state index >= 15 is 0 Å². The minimum Gasteiger partial charge on any atom is -0.497 e. The standard InChI is InChI=1S/C32H50N2O6Si/c1-12-21(20-39-41(10,11)30(5,6)7)23-15-16-32-31(26(23)27(35)38-9,17-18-34(32)28(36)40-29(2,3)4)24-19-22(37-8)13-14-25(24)33-32/h12-14,19,23,26,33H,15-18,20H2,1-11H3/b21-12-/t23-,26-,31-,32-/m0/s1. The number of anilines is 1. The number of nitrogens with zero attached hydrogens (tertiary/aromatic N) is 1. The van der Waals surface area contributed by atoms with Crippen LogP contribution in [-0.4, -0.2) is 63.9 Å². The Morgan fingerprint density at radius 1 is 1.12 bits per heavy atom. The van der Waals surface area contributed by atoms with Crippen molar-refractivity contribution in [3.8, 4) is 5.75 Å². The van der Waals surface area contributed by atoms with Crippen LogP contribution in [-0.2, 0) is 24.1 Å². The number of carbonyl (C=O) groups is 2. The summed E-state index contributed by atoms with van der Waals surface area (Å²) in [4.78, 5) is 29.6. The number of nitrogens with one attached hydrogen (secondary N) is 1. The molecule has 0 aromatic heterocycles. The third kappa shape index (κ3) is 5.07. The molecule has 1 N–H and O–H groups in total. The van der Waals surface area contributed by atoms with Gasteiger partial charge in [0.25, 0.3) is 0 Å². The first-order valence-corrected chi connectivity index (χ1v) is 17.7. The zero-order valence-corrected chi connectivity index (χ0v) is 27.9. The van der Waals surface area contributed by atoms with Crippen LogP contribution in [0, 0.1) is 11.8 Å². The SMILES string of the molecule is C/C=C(/CO[Si](C)(C)C(C)(C)C)[C@@H]1CC[C@@]23Nc4ccc(OC)cc4[C@@]2(CCN3C(=O)OC(C)(C)C)[C@@H]1C(=O)OC. The normalized spacial score (nSPS) is 27.9. The molecule has 1 aromatic carbocycles. The molecular formula is C32H50N2O6Si. The van der Waals surface area contributed by atoms with E-state index in [1.165, 1.54) is 7.11 Å². The average molecular weight is 587 g/mol. The summed E-state index contributed by atoms with van der Waals surface area (Å²) >= 11 is 0. The highest BCUT2D eigenvalue weighted by molar-refractivity contribution is 6.74. The highest BCUT2D eigenvalue weighted by Crippen LogP contribution is 2.66. The van der Waals surface area contributed by atoms with Gasteiger partial charge in [-0.1, -0.05) is 26.8 Å². The number of benzene rings is 1. The van der Waals surface area contributed by atoms with Crippen LogP contribution in [0.1, 0.15) is 73.3 Å². The van der Waals surface area contributed by atoms with Crippen molar-refractivity contribution in [3.63, 3.8) is 0 Å². The molecule has 3 aliphatic rings. The number of ether oxygens (including phenoxy) is 3. The zero-order chi connectivity index (χ0) is 30.6. The minimum atomic E-state index is -2.04. The van der Waals surface area contributed by atoms with Crippen LogP contribution in [0.25, 0.3) is 0 Å². The van der Waals surface area contributed by atoms with E-state index in [0.717, 1.165) is 16.8 Å². The lowest BCUT2D eigenvalue weighted by molar-refractivity contribution is -0.154. The third-order valence-electron chi connectivity index (χ3n) is 10.0. The van der Waals surface area contributed by atoms with Gasteiger partial charge >= 0.3 is 12.1 Å². The Morgan fingerprint density at radius 3 is 2.37 bits per heavy atom. The number of hydrogen-bond acceptors (Lipinski definition) is 7. The van der Waals surface area contributed by atoms with Crippen molar-refractivity contribution in [1.29, 1.82) is 0 Å². The van der Waals surface area contributed by atoms with Crippen molar-refractivity contribution in [3.05, 3.63) is 35.4 Å². The summed E-state index contributed by atoms with van der Waals surface area (Å²) in [5.74, 6) is -0.203. The second-order valence-electron chi connectivity index (χ2n) is 14.3. The molecule has 9 heteroatoms. The maximum atomic E-state index is 14.0. The van der Waals surface area contributed by atoms with Gasteiger partial charge in [-0.3, -0.25) is 9.69 Å². The highest BCUT2D eigenvalue weighted by Gasteiger charge is 2.73. The Labute approximate surface area is 247 Å². The van der Waals surface area contributed by atoms with Gasteiger partial charge < -0.3 is 24.0 Å². The van der Waals surface area contributed by atoms with E-state index in [9.17, 15) is 9.59 Å². The summed E-state index contributed by atoms with van der Waals surface area (Å²) in [6.45, 7) is 19.8. The summed E-state index contributed by atoms with van der Waals surface area (Å²) in [5, 5.41) is 3.82. The van der Waals surface area contributed by atoms with Crippen LogP contribution in [0.5, 0.6) is 5.75 Å². The molecule has 2 aliphatic heterocycles. The topological polar surface area (TPSA) is 86.3 Å². The molecule has 2 heterocycles. The number of allylic oxidation sites excluding steroid dienone is 1. The van der Waals surface area contributed by atoms with E-state index in [0.29, 0.717) is 38.2 Å². The van der Waals surface area contributed by atoms with Gasteiger partial charge in [0.1, 0.15) is 17.0 Å². The number of likely N-dealkylation sites (tertiary alicyclic amines) is 1.